The van der Waals surface area contributed by atoms with Gasteiger partial charge in [0, 0.05) is 38.6 Å². The maximum Gasteiger partial charge on any atom is 0.220 e. The predicted octanol–water partition coefficient (Wildman–Crippen LogP) is 2.62. The number of carbonyl (C=O) groups excluding carboxylic acids is 1. The number of benzene rings is 1. The highest BCUT2D eigenvalue weighted by molar-refractivity contribution is 5.85. The standard InChI is InChI=1S/C20H31N3O2.2ClH/c21-19-3-1-2-17(19)12-20(25)22-13-15-4-6-16(7-5-15)14-23-10-8-18(24)9-11-23;;/h4-7,17-19,24H,1-3,8-14,21H2,(H,22,25);2*1H/t17-,19+;;/m0../s1. The van der Waals surface area contributed by atoms with Crippen LogP contribution in [0.4, 0.5) is 0 Å². The fraction of sp³-hybridized carbons (Fsp3) is 0.650. The number of nitrogens with zero attached hydrogens (tertiary/aromatic N) is 1. The average Bonchev–Trinajstić information content (AvgIpc) is 3.01. The topological polar surface area (TPSA) is 78.6 Å². The fourth-order valence-electron chi connectivity index (χ4n) is 3.93. The number of hydrogen-bond acceptors (Lipinski definition) is 4. The zero-order valence-corrected chi connectivity index (χ0v) is 17.4. The van der Waals surface area contributed by atoms with Gasteiger partial charge < -0.3 is 16.2 Å². The molecule has 3 rings (SSSR count). The Morgan fingerprint density at radius 1 is 1.07 bits per heavy atom. The van der Waals surface area contributed by atoms with Crippen LogP contribution < -0.4 is 11.1 Å². The molecule has 27 heavy (non-hydrogen) atoms. The van der Waals surface area contributed by atoms with E-state index in [9.17, 15) is 9.90 Å². The second kappa shape index (κ2) is 11.9. The minimum Gasteiger partial charge on any atom is -0.393 e. The smallest absolute Gasteiger partial charge is 0.220 e. The number of hydrogen-bond donors (Lipinski definition) is 3. The maximum absolute atomic E-state index is 12.1. The van der Waals surface area contributed by atoms with Crippen molar-refractivity contribution in [2.24, 2.45) is 11.7 Å². The van der Waals surface area contributed by atoms with E-state index in [-0.39, 0.29) is 42.9 Å². The van der Waals surface area contributed by atoms with Crippen molar-refractivity contribution < 1.29 is 9.90 Å². The quantitative estimate of drug-likeness (QED) is 0.664. The van der Waals surface area contributed by atoms with Crippen molar-refractivity contribution >= 4 is 30.7 Å². The number of aliphatic hydroxyl groups excluding tert-OH is 1. The summed E-state index contributed by atoms with van der Waals surface area (Å²) in [5.41, 5.74) is 8.45. The van der Waals surface area contributed by atoms with Crippen molar-refractivity contribution in [3.05, 3.63) is 35.4 Å². The Morgan fingerprint density at radius 3 is 2.30 bits per heavy atom. The second-order valence-electron chi connectivity index (χ2n) is 7.66. The molecule has 154 valence electrons. The molecule has 5 nitrogen and oxygen atoms in total. The Balaban J connectivity index is 0.00000182. The molecule has 2 aliphatic rings. The maximum atomic E-state index is 12.1. The molecule has 0 radical (unpaired) electrons. The molecule has 7 heteroatoms. The van der Waals surface area contributed by atoms with Crippen molar-refractivity contribution in [3.8, 4) is 0 Å². The lowest BCUT2D eigenvalue weighted by molar-refractivity contribution is -0.122. The first-order valence-electron chi connectivity index (χ1n) is 9.60. The molecule has 1 heterocycles. The molecule has 1 aromatic rings. The molecule has 1 saturated carbocycles. The third-order valence-corrected chi connectivity index (χ3v) is 5.64. The van der Waals surface area contributed by atoms with Gasteiger partial charge in [0.1, 0.15) is 0 Å². The van der Waals surface area contributed by atoms with Crippen LogP contribution in [0.1, 0.15) is 49.7 Å². The summed E-state index contributed by atoms with van der Waals surface area (Å²) in [7, 11) is 0. The lowest BCUT2D eigenvalue weighted by atomic mass is 10.00. The summed E-state index contributed by atoms with van der Waals surface area (Å²) in [6.45, 7) is 3.43. The molecule has 1 aliphatic carbocycles. The Bertz CT molecular complexity index is 563. The largest absolute Gasteiger partial charge is 0.393 e. The minimum absolute atomic E-state index is 0. The summed E-state index contributed by atoms with van der Waals surface area (Å²) in [6, 6.07) is 8.66. The Kier molecular flexibility index (Phi) is 10.6. The molecule has 1 amide bonds. The van der Waals surface area contributed by atoms with E-state index in [4.69, 9.17) is 5.73 Å². The van der Waals surface area contributed by atoms with Crippen LogP contribution in [0, 0.1) is 5.92 Å². The number of rotatable bonds is 6. The average molecular weight is 418 g/mol. The fourth-order valence-corrected chi connectivity index (χ4v) is 3.93. The molecule has 1 aromatic carbocycles. The summed E-state index contributed by atoms with van der Waals surface area (Å²) in [5.74, 6) is 0.462. The second-order valence-corrected chi connectivity index (χ2v) is 7.66. The number of carbonyl (C=O) groups is 1. The summed E-state index contributed by atoms with van der Waals surface area (Å²) in [5, 5.41) is 12.6. The first kappa shape index (κ1) is 24.2. The number of halogens is 2. The molecule has 2 atom stereocenters. The third kappa shape index (κ3) is 7.59. The van der Waals surface area contributed by atoms with Crippen molar-refractivity contribution in [2.75, 3.05) is 13.1 Å². The van der Waals surface area contributed by atoms with Gasteiger partial charge in [0.2, 0.25) is 5.91 Å². The first-order valence-corrected chi connectivity index (χ1v) is 9.60. The summed E-state index contributed by atoms with van der Waals surface area (Å²) >= 11 is 0. The van der Waals surface area contributed by atoms with Gasteiger partial charge in [0.05, 0.1) is 6.10 Å². The number of aliphatic hydroxyl groups is 1. The van der Waals surface area contributed by atoms with E-state index in [1.54, 1.807) is 0 Å². The van der Waals surface area contributed by atoms with Crippen LogP contribution >= 0.6 is 24.8 Å². The van der Waals surface area contributed by atoms with E-state index in [0.717, 1.165) is 57.3 Å². The highest BCUT2D eigenvalue weighted by Gasteiger charge is 2.25. The van der Waals surface area contributed by atoms with Gasteiger partial charge in [-0.25, -0.2) is 0 Å². The van der Waals surface area contributed by atoms with Crippen molar-refractivity contribution in [2.45, 2.75) is 63.8 Å². The lowest BCUT2D eigenvalue weighted by Crippen LogP contribution is -2.35. The number of nitrogens with one attached hydrogen (secondary N) is 1. The van der Waals surface area contributed by atoms with Crippen molar-refractivity contribution in [1.82, 2.24) is 10.2 Å². The molecular weight excluding hydrogens is 385 g/mol. The number of likely N-dealkylation sites (tertiary alicyclic amines) is 1. The van der Waals surface area contributed by atoms with Crippen molar-refractivity contribution in [3.63, 3.8) is 0 Å². The zero-order chi connectivity index (χ0) is 17.6. The predicted molar refractivity (Wildman–Crippen MR) is 113 cm³/mol. The molecule has 2 fully saturated rings. The highest BCUT2D eigenvalue weighted by atomic mass is 35.5. The van der Waals surface area contributed by atoms with Crippen LogP contribution in [0.2, 0.25) is 0 Å². The van der Waals surface area contributed by atoms with Gasteiger partial charge in [0.15, 0.2) is 0 Å². The van der Waals surface area contributed by atoms with Gasteiger partial charge in [0.25, 0.3) is 0 Å². The minimum atomic E-state index is -0.124. The number of amides is 1. The molecule has 4 N–H and O–H groups in total. The summed E-state index contributed by atoms with van der Waals surface area (Å²) < 4.78 is 0. The van der Waals surface area contributed by atoms with Crippen LogP contribution in [0.25, 0.3) is 0 Å². The van der Waals surface area contributed by atoms with Crippen LogP contribution in [0.15, 0.2) is 24.3 Å². The molecule has 1 aliphatic heterocycles. The molecule has 0 bridgehead atoms. The first-order chi connectivity index (χ1) is 12.1. The summed E-state index contributed by atoms with van der Waals surface area (Å²) in [4.78, 5) is 14.5. The van der Waals surface area contributed by atoms with E-state index in [0.29, 0.717) is 18.9 Å². The number of nitrogens with two attached hydrogens (primary N) is 1. The van der Waals surface area contributed by atoms with Crippen molar-refractivity contribution in [1.29, 1.82) is 0 Å². The number of piperidine rings is 1. The zero-order valence-electron chi connectivity index (χ0n) is 15.8. The van der Waals surface area contributed by atoms with Gasteiger partial charge in [-0.1, -0.05) is 30.7 Å². The Labute approximate surface area is 174 Å². The van der Waals surface area contributed by atoms with E-state index in [1.807, 2.05) is 0 Å². The van der Waals surface area contributed by atoms with E-state index >= 15 is 0 Å². The Hall–Kier alpha value is -0.850. The van der Waals surface area contributed by atoms with E-state index < -0.39 is 0 Å². The van der Waals surface area contributed by atoms with Crippen LogP contribution in [0.3, 0.4) is 0 Å². The lowest BCUT2D eigenvalue weighted by Gasteiger charge is -2.29. The molecule has 0 spiro atoms. The molecule has 0 aromatic heterocycles. The highest BCUT2D eigenvalue weighted by Crippen LogP contribution is 2.26. The van der Waals surface area contributed by atoms with Gasteiger partial charge in [-0.3, -0.25) is 9.69 Å². The molecule has 0 unspecified atom stereocenters. The summed E-state index contributed by atoms with van der Waals surface area (Å²) in [6.07, 6.45) is 5.45. The van der Waals surface area contributed by atoms with Crippen LogP contribution in [-0.4, -0.2) is 41.1 Å². The van der Waals surface area contributed by atoms with E-state index in [2.05, 4.69) is 34.5 Å². The molecule has 1 saturated heterocycles. The SMILES string of the molecule is Cl.Cl.N[C@@H]1CCC[C@H]1CC(=O)NCc1ccc(CN2CCC(O)CC2)cc1. The Morgan fingerprint density at radius 2 is 1.70 bits per heavy atom. The van der Waals surface area contributed by atoms with Gasteiger partial charge in [-0.15, -0.1) is 24.8 Å². The van der Waals surface area contributed by atoms with E-state index in [1.165, 1.54) is 5.56 Å². The normalized spacial score (nSPS) is 23.3. The van der Waals surface area contributed by atoms with Crippen LogP contribution in [-0.2, 0) is 17.9 Å². The van der Waals surface area contributed by atoms with Crippen LogP contribution in [0.5, 0.6) is 0 Å². The molecular formula is C20H33Cl2N3O2. The third-order valence-electron chi connectivity index (χ3n) is 5.64. The monoisotopic (exact) mass is 417 g/mol. The van der Waals surface area contributed by atoms with Gasteiger partial charge in [-0.05, 0) is 42.7 Å². The van der Waals surface area contributed by atoms with Gasteiger partial charge in [-0.2, -0.15) is 0 Å². The van der Waals surface area contributed by atoms with Gasteiger partial charge >= 0.3 is 0 Å².